The van der Waals surface area contributed by atoms with Gasteiger partial charge in [-0.15, -0.1) is 0 Å². The average Bonchev–Trinajstić information content (AvgIpc) is 2.53. The molecule has 2 aromatic rings. The summed E-state index contributed by atoms with van der Waals surface area (Å²) >= 11 is -2.01. The van der Waals surface area contributed by atoms with Crippen molar-refractivity contribution in [2.75, 3.05) is 17.7 Å². The standard InChI is InChI=1S/C12H9F3N5O.2CH3.Sn.H/c1-16-10-17-6-18-11(20-10)19-9(21)7-2-4-8(5-3-7)12(13,14)15;;;;/h2-5H,1H3,(H2,16,17,18,19,20,21);2*1H3;;. The fourth-order valence-corrected chi connectivity index (χ4v) is 3.97. The Morgan fingerprint density at radius 1 is 1.04 bits per heavy atom. The van der Waals surface area contributed by atoms with Crippen LogP contribution in [0.2, 0.25) is 9.88 Å². The van der Waals surface area contributed by atoms with E-state index in [0.717, 1.165) is 24.3 Å². The van der Waals surface area contributed by atoms with Crippen LogP contribution in [0.5, 0.6) is 0 Å². The number of aromatic nitrogens is 3. The van der Waals surface area contributed by atoms with Crippen LogP contribution in [0.25, 0.3) is 0 Å². The van der Waals surface area contributed by atoms with Crippen molar-refractivity contribution in [3.8, 4) is 0 Å². The Morgan fingerprint density at radius 2 is 1.62 bits per heavy atom. The molecule has 24 heavy (non-hydrogen) atoms. The number of hydrogen-bond donors (Lipinski definition) is 2. The number of carbonyl (C=O) groups is 1. The van der Waals surface area contributed by atoms with Crippen molar-refractivity contribution in [1.29, 1.82) is 0 Å². The molecule has 0 spiro atoms. The molecule has 2 rings (SSSR count). The van der Waals surface area contributed by atoms with Gasteiger partial charge in [-0.2, -0.15) is 0 Å². The molecular weight excluding hydrogens is 430 g/mol. The van der Waals surface area contributed by atoms with Gasteiger partial charge in [0.15, 0.2) is 0 Å². The molecule has 0 aliphatic heterocycles. The van der Waals surface area contributed by atoms with Crippen LogP contribution in [0.4, 0.5) is 25.1 Å². The second-order valence-corrected chi connectivity index (χ2v) is 13.3. The number of rotatable bonds is 4. The van der Waals surface area contributed by atoms with Gasteiger partial charge in [-0.05, 0) is 0 Å². The Balaban J connectivity index is 2.21. The maximum absolute atomic E-state index is 12.5. The summed E-state index contributed by atoms with van der Waals surface area (Å²) in [5, 5.41) is 5.29. The van der Waals surface area contributed by atoms with E-state index in [1.807, 2.05) is 0 Å². The summed E-state index contributed by atoms with van der Waals surface area (Å²) in [5.41, 5.74) is -0.725. The second-order valence-electron chi connectivity index (χ2n) is 5.27. The van der Waals surface area contributed by atoms with E-state index in [1.165, 1.54) is 0 Å². The Hall–Kier alpha value is -1.91. The van der Waals surface area contributed by atoms with E-state index >= 15 is 0 Å². The van der Waals surface area contributed by atoms with Crippen LogP contribution in [-0.4, -0.2) is 47.7 Å². The van der Waals surface area contributed by atoms with E-state index < -0.39 is 37.4 Å². The molecule has 1 aromatic carbocycles. The van der Waals surface area contributed by atoms with Crippen LogP contribution in [0.1, 0.15) is 15.9 Å². The zero-order valence-electron chi connectivity index (χ0n) is 13.3. The molecule has 2 N–H and O–H groups in total. The van der Waals surface area contributed by atoms with Gasteiger partial charge < -0.3 is 0 Å². The number of alkyl halides is 3. The van der Waals surface area contributed by atoms with Crippen LogP contribution in [0.15, 0.2) is 24.3 Å². The van der Waals surface area contributed by atoms with Crippen molar-refractivity contribution < 1.29 is 18.0 Å². The average molecular weight is 446 g/mol. The molecule has 0 fully saturated rings. The SMILES string of the molecule is CNc1nc(NC(=O)c2ccc(C(F)(F)F)cc2)n[c]([SnH]([CH3])[CH3])n1. The van der Waals surface area contributed by atoms with Crippen molar-refractivity contribution in [2.24, 2.45) is 0 Å². The number of hydrogen-bond acceptors (Lipinski definition) is 5. The van der Waals surface area contributed by atoms with Gasteiger partial charge in [0.05, 0.1) is 0 Å². The quantitative estimate of drug-likeness (QED) is 0.702. The summed E-state index contributed by atoms with van der Waals surface area (Å²) in [4.78, 5) is 28.9. The predicted molar refractivity (Wildman–Crippen MR) is 87.3 cm³/mol. The second kappa shape index (κ2) is 7.32. The molecule has 128 valence electrons. The Morgan fingerprint density at radius 3 is 2.12 bits per heavy atom. The van der Waals surface area contributed by atoms with Gasteiger partial charge in [-0.25, -0.2) is 0 Å². The third kappa shape index (κ3) is 4.55. The monoisotopic (exact) mass is 447 g/mol. The van der Waals surface area contributed by atoms with Gasteiger partial charge in [0.1, 0.15) is 0 Å². The molecule has 0 unspecified atom stereocenters. The zero-order chi connectivity index (χ0) is 17.9. The molecule has 6 nitrogen and oxygen atoms in total. The van der Waals surface area contributed by atoms with E-state index in [9.17, 15) is 18.0 Å². The van der Waals surface area contributed by atoms with E-state index in [1.54, 1.807) is 7.05 Å². The first kappa shape index (κ1) is 18.4. The first-order valence-electron chi connectivity index (χ1n) is 7.13. The van der Waals surface area contributed by atoms with Crippen LogP contribution >= 0.6 is 0 Å². The summed E-state index contributed by atoms with van der Waals surface area (Å²) < 4.78 is 38.3. The van der Waals surface area contributed by atoms with E-state index in [-0.39, 0.29) is 11.5 Å². The van der Waals surface area contributed by atoms with Gasteiger partial charge in [0.2, 0.25) is 0 Å². The number of anilines is 2. The number of carbonyl (C=O) groups excluding carboxylic acids is 1. The molecule has 0 bridgehead atoms. The van der Waals surface area contributed by atoms with Crippen molar-refractivity contribution in [3.63, 3.8) is 0 Å². The van der Waals surface area contributed by atoms with Crippen LogP contribution in [-0.2, 0) is 6.18 Å². The molecule has 1 amide bonds. The Labute approximate surface area is 143 Å². The Kier molecular flexibility index (Phi) is 5.62. The first-order chi connectivity index (χ1) is 11.2. The van der Waals surface area contributed by atoms with Gasteiger partial charge in [-0.1, -0.05) is 0 Å². The van der Waals surface area contributed by atoms with Crippen LogP contribution in [0, 0.1) is 0 Å². The van der Waals surface area contributed by atoms with Crippen molar-refractivity contribution in [2.45, 2.75) is 16.1 Å². The number of halogens is 3. The zero-order valence-corrected chi connectivity index (χ0v) is 16.6. The van der Waals surface area contributed by atoms with Crippen LogP contribution in [0.3, 0.4) is 0 Å². The molecule has 0 radical (unpaired) electrons. The molecule has 0 aliphatic carbocycles. The molecular formula is C14H16F3N5OSn. The minimum atomic E-state index is -4.44. The van der Waals surface area contributed by atoms with Crippen molar-refractivity contribution >= 4 is 41.4 Å². The fraction of sp³-hybridized carbons (Fsp3) is 0.286. The van der Waals surface area contributed by atoms with Gasteiger partial charge >= 0.3 is 143 Å². The van der Waals surface area contributed by atoms with E-state index in [2.05, 4.69) is 35.5 Å². The summed E-state index contributed by atoms with van der Waals surface area (Å²) in [6, 6.07) is 3.94. The molecule has 10 heteroatoms. The van der Waals surface area contributed by atoms with Gasteiger partial charge in [-0.3, -0.25) is 0 Å². The topological polar surface area (TPSA) is 79.8 Å². The normalized spacial score (nSPS) is 11.5. The van der Waals surface area contributed by atoms with Crippen molar-refractivity contribution in [3.05, 3.63) is 35.4 Å². The van der Waals surface area contributed by atoms with E-state index in [0.29, 0.717) is 9.79 Å². The molecule has 0 saturated heterocycles. The van der Waals surface area contributed by atoms with Crippen LogP contribution < -0.4 is 14.5 Å². The third-order valence-corrected chi connectivity index (χ3v) is 6.78. The third-order valence-electron chi connectivity index (χ3n) is 3.09. The molecule has 1 aromatic heterocycles. The van der Waals surface area contributed by atoms with Gasteiger partial charge in [0.25, 0.3) is 0 Å². The predicted octanol–water partition coefficient (Wildman–Crippen LogP) is 1.88. The van der Waals surface area contributed by atoms with E-state index in [4.69, 9.17) is 0 Å². The maximum atomic E-state index is 12.5. The fourth-order valence-electron chi connectivity index (χ4n) is 1.80. The molecule has 0 aliphatic rings. The number of nitrogens with zero attached hydrogens (tertiary/aromatic N) is 3. The van der Waals surface area contributed by atoms with Crippen molar-refractivity contribution in [1.82, 2.24) is 15.0 Å². The summed E-state index contributed by atoms with van der Waals surface area (Å²) in [7, 11) is 1.65. The molecule has 0 atom stereocenters. The Bertz CT molecular complexity index is 734. The number of amides is 1. The summed E-state index contributed by atoms with van der Waals surface area (Å²) in [6.45, 7) is 0. The minimum absolute atomic E-state index is 0.0830. The summed E-state index contributed by atoms with van der Waals surface area (Å²) in [5.74, 6) is -0.158. The molecule has 1 heterocycles. The molecule has 0 saturated carbocycles. The summed E-state index contributed by atoms with van der Waals surface area (Å²) in [6.07, 6.45) is -4.44. The number of nitrogens with one attached hydrogen (secondary N) is 2. The van der Waals surface area contributed by atoms with Gasteiger partial charge in [0, 0.05) is 0 Å². The number of benzene rings is 1. The first-order valence-corrected chi connectivity index (χ1v) is 15.4.